The average Bonchev–Trinajstić information content (AvgIpc) is 2.95. The second kappa shape index (κ2) is 4.53. The van der Waals surface area contributed by atoms with E-state index in [1.807, 2.05) is 6.07 Å². The number of hydrogen-bond donors (Lipinski definition) is 1. The van der Waals surface area contributed by atoms with Gasteiger partial charge in [0, 0.05) is 9.35 Å². The highest BCUT2D eigenvalue weighted by Gasteiger charge is 2.17. The Balaban J connectivity index is 1.97. The molecule has 2 nitrogen and oxygen atoms in total. The first kappa shape index (κ1) is 11.4. The summed E-state index contributed by atoms with van der Waals surface area (Å²) in [5, 5.41) is 2.05. The summed E-state index contributed by atoms with van der Waals surface area (Å²) in [6.45, 7) is 1.44. The van der Waals surface area contributed by atoms with Crippen LogP contribution in [0.4, 0.5) is 0 Å². The Labute approximate surface area is 113 Å². The monoisotopic (exact) mass is 309 g/mol. The zero-order valence-electron chi connectivity index (χ0n) is 9.15. The van der Waals surface area contributed by atoms with Crippen LogP contribution in [0.5, 0.6) is 0 Å². The van der Waals surface area contributed by atoms with Crippen LogP contribution < -0.4 is 5.73 Å². The lowest BCUT2D eigenvalue weighted by molar-refractivity contribution is 0.134. The first-order valence-electron chi connectivity index (χ1n) is 5.43. The lowest BCUT2D eigenvalue weighted by Gasteiger charge is -2.12. The summed E-state index contributed by atoms with van der Waals surface area (Å²) in [5.41, 5.74) is 10.00. The van der Waals surface area contributed by atoms with E-state index in [9.17, 15) is 0 Å². The predicted molar refractivity (Wildman–Crippen MR) is 73.0 cm³/mol. The van der Waals surface area contributed by atoms with Crippen molar-refractivity contribution in [1.29, 1.82) is 0 Å². The van der Waals surface area contributed by atoms with Crippen LogP contribution >= 0.6 is 27.3 Å². The van der Waals surface area contributed by atoms with Crippen LogP contribution in [0.25, 0.3) is 0 Å². The number of thiophene rings is 1. The summed E-state index contributed by atoms with van der Waals surface area (Å²) < 4.78 is 6.51. The third kappa shape index (κ3) is 2.06. The highest BCUT2D eigenvalue weighted by molar-refractivity contribution is 9.10. The topological polar surface area (TPSA) is 35.2 Å². The van der Waals surface area contributed by atoms with Crippen LogP contribution in [0.2, 0.25) is 0 Å². The van der Waals surface area contributed by atoms with Crippen molar-refractivity contribution in [1.82, 2.24) is 0 Å². The fourth-order valence-electron chi connectivity index (χ4n) is 2.06. The molecule has 0 aliphatic carbocycles. The molecular formula is C13H12BrNOS. The Hall–Kier alpha value is -0.680. The van der Waals surface area contributed by atoms with Crippen molar-refractivity contribution < 1.29 is 4.74 Å². The molecule has 1 unspecified atom stereocenters. The molecule has 3 rings (SSSR count). The summed E-state index contributed by atoms with van der Waals surface area (Å²) in [6.07, 6.45) is 0. The molecule has 88 valence electrons. The molecule has 0 fully saturated rings. The van der Waals surface area contributed by atoms with Gasteiger partial charge in [-0.15, -0.1) is 11.3 Å². The maximum Gasteiger partial charge on any atom is 0.0725 e. The lowest BCUT2D eigenvalue weighted by Crippen LogP contribution is -2.11. The van der Waals surface area contributed by atoms with Gasteiger partial charge in [-0.05, 0) is 44.1 Å². The Bertz CT molecular complexity index is 552. The molecule has 2 N–H and O–H groups in total. The van der Waals surface area contributed by atoms with Gasteiger partial charge in [0.05, 0.1) is 19.3 Å². The van der Waals surface area contributed by atoms with Crippen LogP contribution in [-0.2, 0) is 18.0 Å². The molecule has 0 amide bonds. The van der Waals surface area contributed by atoms with E-state index in [1.165, 1.54) is 16.0 Å². The molecule has 0 spiro atoms. The van der Waals surface area contributed by atoms with Gasteiger partial charge < -0.3 is 10.5 Å². The number of nitrogens with two attached hydrogens (primary N) is 1. The van der Waals surface area contributed by atoms with Gasteiger partial charge in [-0.3, -0.25) is 0 Å². The van der Waals surface area contributed by atoms with Crippen molar-refractivity contribution in [2.45, 2.75) is 19.3 Å². The molecule has 17 heavy (non-hydrogen) atoms. The Kier molecular flexibility index (Phi) is 3.04. The number of halogens is 1. The van der Waals surface area contributed by atoms with E-state index in [0.717, 1.165) is 16.6 Å². The standard InChI is InChI=1S/C13H12BrNOS/c14-11-3-4-17-13(11)12(15)8-1-2-9-6-16-7-10(9)5-8/h1-5,12H,6-7,15H2. The van der Waals surface area contributed by atoms with Crippen molar-refractivity contribution in [3.8, 4) is 0 Å². The third-order valence-electron chi connectivity index (χ3n) is 3.03. The molecule has 2 aromatic rings. The van der Waals surface area contributed by atoms with E-state index in [2.05, 4.69) is 39.5 Å². The molecule has 0 radical (unpaired) electrons. The number of fused-ring (bicyclic) bond motifs is 1. The molecular weight excluding hydrogens is 298 g/mol. The molecule has 1 aromatic heterocycles. The molecule has 0 saturated heterocycles. The Morgan fingerprint density at radius 3 is 2.82 bits per heavy atom. The predicted octanol–water partition coefficient (Wildman–Crippen LogP) is 3.59. The van der Waals surface area contributed by atoms with E-state index in [-0.39, 0.29) is 6.04 Å². The smallest absolute Gasteiger partial charge is 0.0725 e. The van der Waals surface area contributed by atoms with Crippen LogP contribution in [0.15, 0.2) is 34.1 Å². The molecule has 0 bridgehead atoms. The second-order valence-corrected chi connectivity index (χ2v) is 5.93. The fraction of sp³-hybridized carbons (Fsp3) is 0.231. The molecule has 1 aliphatic rings. The maximum absolute atomic E-state index is 6.30. The third-order valence-corrected chi connectivity index (χ3v) is 4.99. The van der Waals surface area contributed by atoms with Gasteiger partial charge in [-0.2, -0.15) is 0 Å². The maximum atomic E-state index is 6.30. The molecule has 2 heterocycles. The minimum Gasteiger partial charge on any atom is -0.372 e. The van der Waals surface area contributed by atoms with E-state index in [0.29, 0.717) is 6.61 Å². The van der Waals surface area contributed by atoms with Gasteiger partial charge in [0.1, 0.15) is 0 Å². The largest absolute Gasteiger partial charge is 0.372 e. The normalized spacial score (nSPS) is 15.9. The summed E-state index contributed by atoms with van der Waals surface area (Å²) >= 11 is 5.21. The lowest BCUT2D eigenvalue weighted by atomic mass is 10.0. The van der Waals surface area contributed by atoms with Gasteiger partial charge in [-0.1, -0.05) is 18.2 Å². The van der Waals surface area contributed by atoms with Crippen molar-refractivity contribution in [2.75, 3.05) is 0 Å². The van der Waals surface area contributed by atoms with Crippen molar-refractivity contribution >= 4 is 27.3 Å². The Morgan fingerprint density at radius 1 is 1.24 bits per heavy atom. The number of hydrogen-bond acceptors (Lipinski definition) is 3. The van der Waals surface area contributed by atoms with Gasteiger partial charge in [-0.25, -0.2) is 0 Å². The van der Waals surface area contributed by atoms with Crippen LogP contribution in [0, 0.1) is 0 Å². The van der Waals surface area contributed by atoms with Crippen LogP contribution in [-0.4, -0.2) is 0 Å². The minimum atomic E-state index is -0.0599. The van der Waals surface area contributed by atoms with Gasteiger partial charge in [0.25, 0.3) is 0 Å². The number of ether oxygens (including phenoxy) is 1. The van der Waals surface area contributed by atoms with E-state index >= 15 is 0 Å². The molecule has 1 aliphatic heterocycles. The summed E-state index contributed by atoms with van der Waals surface area (Å²) in [4.78, 5) is 1.17. The zero-order valence-corrected chi connectivity index (χ0v) is 11.6. The van der Waals surface area contributed by atoms with Crippen molar-refractivity contribution in [3.63, 3.8) is 0 Å². The SMILES string of the molecule is NC(c1ccc2c(c1)COC2)c1sccc1Br. The molecule has 0 saturated carbocycles. The minimum absolute atomic E-state index is 0.0599. The number of benzene rings is 1. The van der Waals surface area contributed by atoms with E-state index < -0.39 is 0 Å². The first-order chi connectivity index (χ1) is 8.25. The highest BCUT2D eigenvalue weighted by atomic mass is 79.9. The molecule has 1 aromatic carbocycles. The van der Waals surface area contributed by atoms with Crippen molar-refractivity contribution in [3.05, 3.63) is 55.7 Å². The number of rotatable bonds is 2. The summed E-state index contributed by atoms with van der Waals surface area (Å²) in [7, 11) is 0. The zero-order chi connectivity index (χ0) is 11.8. The summed E-state index contributed by atoms with van der Waals surface area (Å²) in [5.74, 6) is 0. The highest BCUT2D eigenvalue weighted by Crippen LogP contribution is 2.33. The van der Waals surface area contributed by atoms with Gasteiger partial charge >= 0.3 is 0 Å². The second-order valence-electron chi connectivity index (χ2n) is 4.13. The first-order valence-corrected chi connectivity index (χ1v) is 7.11. The van der Waals surface area contributed by atoms with Crippen LogP contribution in [0.3, 0.4) is 0 Å². The molecule has 1 atom stereocenters. The van der Waals surface area contributed by atoms with Gasteiger partial charge in [0.15, 0.2) is 0 Å². The fourth-order valence-corrected chi connectivity index (χ4v) is 3.71. The van der Waals surface area contributed by atoms with Crippen molar-refractivity contribution in [2.24, 2.45) is 5.73 Å². The molecule has 4 heteroatoms. The van der Waals surface area contributed by atoms with Crippen LogP contribution in [0.1, 0.15) is 27.6 Å². The quantitative estimate of drug-likeness (QED) is 0.920. The average molecular weight is 310 g/mol. The Morgan fingerprint density at radius 2 is 2.06 bits per heavy atom. The van der Waals surface area contributed by atoms with E-state index in [1.54, 1.807) is 11.3 Å². The van der Waals surface area contributed by atoms with E-state index in [4.69, 9.17) is 10.5 Å². The van der Waals surface area contributed by atoms with Gasteiger partial charge in [0.2, 0.25) is 0 Å². The summed E-state index contributed by atoms with van der Waals surface area (Å²) in [6, 6.07) is 8.37.